The molecule has 8 heteroatoms. The van der Waals surface area contributed by atoms with Gasteiger partial charge in [-0.1, -0.05) is 10.8 Å². The molecule has 1 unspecified atom stereocenters. The van der Waals surface area contributed by atoms with E-state index in [2.05, 4.69) is 10.3 Å². The highest BCUT2D eigenvalue weighted by molar-refractivity contribution is 8.76. The van der Waals surface area contributed by atoms with Gasteiger partial charge in [0.1, 0.15) is 5.78 Å². The molecule has 1 N–H and O–H groups in total. The Labute approximate surface area is 112 Å². The van der Waals surface area contributed by atoms with Crippen LogP contribution in [-0.4, -0.2) is 34.5 Å². The summed E-state index contributed by atoms with van der Waals surface area (Å²) in [6.07, 6.45) is 1.51. The van der Waals surface area contributed by atoms with Gasteiger partial charge in [0.2, 0.25) is 0 Å². The molecule has 0 bridgehead atoms. The van der Waals surface area contributed by atoms with Gasteiger partial charge in [-0.3, -0.25) is 14.9 Å². The molecule has 0 aliphatic heterocycles. The van der Waals surface area contributed by atoms with Crippen molar-refractivity contribution in [3.63, 3.8) is 0 Å². The molecule has 0 aromatic carbocycles. The Hall–Kier alpha value is -1.12. The number of rotatable bonds is 7. The minimum atomic E-state index is -0.462. The number of carbonyl (C=O) groups is 1. The van der Waals surface area contributed by atoms with Crippen LogP contribution in [0, 0.1) is 10.1 Å². The molecule has 1 aromatic heterocycles. The number of carbonyl (C=O) groups excluding carboxylic acids is 1. The molecule has 0 aliphatic rings. The fourth-order valence-corrected chi connectivity index (χ4v) is 3.53. The second kappa shape index (κ2) is 7.34. The van der Waals surface area contributed by atoms with E-state index in [1.165, 1.54) is 46.8 Å². The Bertz CT molecular complexity index is 442. The van der Waals surface area contributed by atoms with Gasteiger partial charge in [0, 0.05) is 18.0 Å². The largest absolute Gasteiger partial charge is 0.310 e. The number of ketones is 1. The topological polar surface area (TPSA) is 85.1 Å². The zero-order chi connectivity index (χ0) is 13.5. The highest BCUT2D eigenvalue weighted by atomic mass is 33.1. The van der Waals surface area contributed by atoms with Gasteiger partial charge in [0.25, 0.3) is 0 Å². The van der Waals surface area contributed by atoms with Crippen molar-refractivity contribution in [2.45, 2.75) is 18.0 Å². The van der Waals surface area contributed by atoms with Crippen molar-refractivity contribution < 1.29 is 9.72 Å². The molecule has 1 aromatic rings. The molecule has 6 nitrogen and oxygen atoms in total. The van der Waals surface area contributed by atoms with Crippen molar-refractivity contribution in [1.29, 1.82) is 0 Å². The van der Waals surface area contributed by atoms with Crippen molar-refractivity contribution >= 4 is 33.1 Å². The Balaban J connectivity index is 2.59. The molecule has 18 heavy (non-hydrogen) atoms. The first-order valence-corrected chi connectivity index (χ1v) is 7.44. The third kappa shape index (κ3) is 4.28. The molecular weight excluding hydrogens is 274 g/mol. The third-order valence-electron chi connectivity index (χ3n) is 2.16. The van der Waals surface area contributed by atoms with Crippen LogP contribution in [0.4, 0.5) is 5.69 Å². The first-order valence-electron chi connectivity index (χ1n) is 5.13. The molecule has 0 fully saturated rings. The van der Waals surface area contributed by atoms with Gasteiger partial charge < -0.3 is 5.32 Å². The van der Waals surface area contributed by atoms with E-state index in [0.717, 1.165) is 0 Å². The van der Waals surface area contributed by atoms with Crippen LogP contribution in [0.1, 0.15) is 6.92 Å². The lowest BCUT2D eigenvalue weighted by Crippen LogP contribution is -2.34. The van der Waals surface area contributed by atoms with Crippen LogP contribution < -0.4 is 5.32 Å². The van der Waals surface area contributed by atoms with Crippen LogP contribution in [0.3, 0.4) is 0 Å². The molecule has 0 saturated carbocycles. The number of nitrogens with zero attached hydrogens (tertiary/aromatic N) is 2. The Morgan fingerprint density at radius 3 is 2.94 bits per heavy atom. The maximum Gasteiger partial charge on any atom is 0.302 e. The van der Waals surface area contributed by atoms with E-state index in [1.54, 1.807) is 7.05 Å². The molecular formula is C10H13N3O3S2. The van der Waals surface area contributed by atoms with Crippen LogP contribution in [0.25, 0.3) is 0 Å². The van der Waals surface area contributed by atoms with Crippen molar-refractivity contribution in [1.82, 2.24) is 10.3 Å². The monoisotopic (exact) mass is 287 g/mol. The van der Waals surface area contributed by atoms with Gasteiger partial charge >= 0.3 is 5.69 Å². The second-order valence-corrected chi connectivity index (χ2v) is 5.73. The lowest BCUT2D eigenvalue weighted by molar-refractivity contribution is -0.388. The van der Waals surface area contributed by atoms with Crippen molar-refractivity contribution in [3.05, 3.63) is 28.4 Å². The molecule has 0 saturated heterocycles. The van der Waals surface area contributed by atoms with Crippen LogP contribution >= 0.6 is 21.6 Å². The van der Waals surface area contributed by atoms with E-state index < -0.39 is 4.92 Å². The maximum absolute atomic E-state index is 11.2. The SMILES string of the molecule is CNC(CSSc1ncccc1[N+](=O)[O-])C(C)=O. The summed E-state index contributed by atoms with van der Waals surface area (Å²) < 4.78 is 0. The van der Waals surface area contributed by atoms with Crippen molar-refractivity contribution in [3.8, 4) is 0 Å². The number of nitro groups is 1. The molecule has 98 valence electrons. The first-order chi connectivity index (χ1) is 8.56. The van der Waals surface area contributed by atoms with E-state index in [9.17, 15) is 14.9 Å². The minimum Gasteiger partial charge on any atom is -0.310 e. The van der Waals surface area contributed by atoms with Crippen LogP contribution in [-0.2, 0) is 4.79 Å². The maximum atomic E-state index is 11.2. The summed E-state index contributed by atoms with van der Waals surface area (Å²) in [5, 5.41) is 14.0. The zero-order valence-electron chi connectivity index (χ0n) is 9.95. The van der Waals surface area contributed by atoms with E-state index in [-0.39, 0.29) is 17.5 Å². The number of hydrogen-bond donors (Lipinski definition) is 1. The Kier molecular flexibility index (Phi) is 6.10. The number of likely N-dealkylation sites (N-methyl/N-ethyl adjacent to an activating group) is 1. The van der Waals surface area contributed by atoms with E-state index in [1.807, 2.05) is 0 Å². The van der Waals surface area contributed by atoms with Gasteiger partial charge in [-0.25, -0.2) is 4.98 Å². The molecule has 1 rings (SSSR count). The molecule has 1 atom stereocenters. The Morgan fingerprint density at radius 2 is 2.39 bits per heavy atom. The summed E-state index contributed by atoms with van der Waals surface area (Å²) in [5.74, 6) is 0.575. The average Bonchev–Trinajstić information content (AvgIpc) is 2.34. The molecule has 1 heterocycles. The summed E-state index contributed by atoms with van der Waals surface area (Å²) in [5.41, 5.74) is -0.0150. The standard InChI is InChI=1S/C10H13N3O3S2/c1-7(14)8(11-2)6-17-18-10-9(13(15)16)4-3-5-12-10/h3-5,8,11H,6H2,1-2H3. The fourth-order valence-electron chi connectivity index (χ4n) is 1.15. The molecule has 0 amide bonds. The summed E-state index contributed by atoms with van der Waals surface area (Å²) in [7, 11) is 4.28. The number of nitrogens with one attached hydrogen (secondary N) is 1. The number of aromatic nitrogens is 1. The second-order valence-electron chi connectivity index (χ2n) is 3.40. The fraction of sp³-hybridized carbons (Fsp3) is 0.400. The van der Waals surface area contributed by atoms with Crippen LogP contribution in [0.2, 0.25) is 0 Å². The van der Waals surface area contributed by atoms with Gasteiger partial charge in [-0.15, -0.1) is 0 Å². The summed E-state index contributed by atoms with van der Waals surface area (Å²) >= 11 is 0. The van der Waals surface area contributed by atoms with Crippen molar-refractivity contribution in [2.75, 3.05) is 12.8 Å². The van der Waals surface area contributed by atoms with E-state index in [4.69, 9.17) is 0 Å². The highest BCUT2D eigenvalue weighted by Gasteiger charge is 2.17. The van der Waals surface area contributed by atoms with Crippen LogP contribution in [0.15, 0.2) is 23.4 Å². The predicted molar refractivity (Wildman–Crippen MR) is 72.7 cm³/mol. The van der Waals surface area contributed by atoms with E-state index >= 15 is 0 Å². The smallest absolute Gasteiger partial charge is 0.302 e. The minimum absolute atomic E-state index is 0.0150. The first kappa shape index (κ1) is 14.9. The summed E-state index contributed by atoms with van der Waals surface area (Å²) in [6, 6.07) is 2.69. The lowest BCUT2D eigenvalue weighted by atomic mass is 10.2. The quantitative estimate of drug-likeness (QED) is 0.465. The lowest BCUT2D eigenvalue weighted by Gasteiger charge is -2.10. The molecule has 0 radical (unpaired) electrons. The van der Waals surface area contributed by atoms with Gasteiger partial charge in [-0.2, -0.15) is 0 Å². The summed E-state index contributed by atoms with van der Waals surface area (Å²) in [4.78, 5) is 25.4. The normalized spacial score (nSPS) is 12.1. The van der Waals surface area contributed by atoms with Gasteiger partial charge in [0.05, 0.1) is 11.0 Å². The van der Waals surface area contributed by atoms with Gasteiger partial charge in [-0.05, 0) is 30.8 Å². The van der Waals surface area contributed by atoms with Crippen LogP contribution in [0.5, 0.6) is 0 Å². The Morgan fingerprint density at radius 1 is 1.67 bits per heavy atom. The predicted octanol–water partition coefficient (Wildman–Crippen LogP) is 1.91. The van der Waals surface area contributed by atoms with Gasteiger partial charge in [0.15, 0.2) is 5.03 Å². The molecule has 0 aliphatic carbocycles. The number of pyridine rings is 1. The number of Topliss-reactive ketones (excluding diaryl/α,β-unsaturated/α-hetero) is 1. The molecule has 0 spiro atoms. The average molecular weight is 287 g/mol. The zero-order valence-corrected chi connectivity index (χ0v) is 11.6. The number of hydrogen-bond acceptors (Lipinski definition) is 7. The summed E-state index contributed by atoms with van der Waals surface area (Å²) in [6.45, 7) is 1.51. The highest BCUT2D eigenvalue weighted by Crippen LogP contribution is 2.35. The van der Waals surface area contributed by atoms with E-state index in [0.29, 0.717) is 10.8 Å². The van der Waals surface area contributed by atoms with Crippen molar-refractivity contribution in [2.24, 2.45) is 0 Å². The third-order valence-corrected chi connectivity index (χ3v) is 4.45.